The zero-order chi connectivity index (χ0) is 11.0. The van der Waals surface area contributed by atoms with Crippen LogP contribution in [-0.4, -0.2) is 32.3 Å². The fourth-order valence-electron chi connectivity index (χ4n) is 2.58. The Hall–Kier alpha value is -0.550. The maximum absolute atomic E-state index is 4.56. The molecule has 3 heterocycles. The summed E-state index contributed by atoms with van der Waals surface area (Å²) in [6.45, 7) is 3.02. The maximum Gasteiger partial charge on any atom is 0.147 e. The maximum atomic E-state index is 4.56. The predicted octanol–water partition coefficient (Wildman–Crippen LogP) is 1.52. The molecular formula is C11H18N4S. The van der Waals surface area contributed by atoms with E-state index in [1.165, 1.54) is 30.8 Å². The van der Waals surface area contributed by atoms with Gasteiger partial charge in [0.05, 0.1) is 6.04 Å². The van der Waals surface area contributed by atoms with Crippen LogP contribution in [0.4, 0.5) is 0 Å². The third-order valence-corrected chi connectivity index (χ3v) is 4.51. The van der Waals surface area contributed by atoms with Crippen molar-refractivity contribution in [3.63, 3.8) is 0 Å². The topological polar surface area (TPSA) is 42.7 Å². The van der Waals surface area contributed by atoms with Gasteiger partial charge in [-0.15, -0.1) is 0 Å². The highest BCUT2D eigenvalue weighted by Crippen LogP contribution is 2.26. The van der Waals surface area contributed by atoms with Crippen LogP contribution in [0.2, 0.25) is 0 Å². The molecule has 1 aromatic rings. The van der Waals surface area contributed by atoms with Crippen LogP contribution in [0.5, 0.6) is 0 Å². The van der Waals surface area contributed by atoms with Gasteiger partial charge < -0.3 is 5.32 Å². The second-order valence-corrected chi connectivity index (χ2v) is 5.81. The number of hydrogen-bond acceptors (Lipinski definition) is 4. The predicted molar refractivity (Wildman–Crippen MR) is 65.6 cm³/mol. The first kappa shape index (κ1) is 10.6. The van der Waals surface area contributed by atoms with Crippen molar-refractivity contribution in [3.05, 3.63) is 11.6 Å². The zero-order valence-electron chi connectivity index (χ0n) is 9.65. The van der Waals surface area contributed by atoms with E-state index in [2.05, 4.69) is 31.8 Å². The van der Waals surface area contributed by atoms with E-state index in [1.807, 2.05) is 6.92 Å². The summed E-state index contributed by atoms with van der Waals surface area (Å²) >= 11 is 2.05. The first-order valence-electron chi connectivity index (χ1n) is 6.08. The standard InChI is InChI=1S/C11H18N4S/c1-8-12-11-10(3-2-5-15(11)14-8)13-9-4-6-16-7-9/h9-10,13H,2-7H2,1H3. The molecule has 0 aromatic carbocycles. The summed E-state index contributed by atoms with van der Waals surface area (Å²) < 4.78 is 2.08. The van der Waals surface area contributed by atoms with E-state index in [-0.39, 0.29) is 0 Å². The van der Waals surface area contributed by atoms with Gasteiger partial charge in [-0.05, 0) is 31.9 Å². The van der Waals surface area contributed by atoms with Crippen molar-refractivity contribution < 1.29 is 0 Å². The molecule has 0 radical (unpaired) electrons. The minimum absolute atomic E-state index is 0.429. The fraction of sp³-hybridized carbons (Fsp3) is 0.818. The molecule has 16 heavy (non-hydrogen) atoms. The Morgan fingerprint density at radius 2 is 2.38 bits per heavy atom. The molecule has 88 valence electrons. The largest absolute Gasteiger partial charge is 0.304 e. The minimum atomic E-state index is 0.429. The van der Waals surface area contributed by atoms with Crippen LogP contribution in [-0.2, 0) is 6.54 Å². The average Bonchev–Trinajstić information content (AvgIpc) is 2.86. The van der Waals surface area contributed by atoms with Crippen molar-refractivity contribution in [3.8, 4) is 0 Å². The van der Waals surface area contributed by atoms with E-state index in [4.69, 9.17) is 0 Å². The van der Waals surface area contributed by atoms with E-state index >= 15 is 0 Å². The second kappa shape index (κ2) is 4.37. The number of aryl methyl sites for hydroxylation is 2. The van der Waals surface area contributed by atoms with Gasteiger partial charge in [0, 0.05) is 18.3 Å². The summed E-state index contributed by atoms with van der Waals surface area (Å²) in [4.78, 5) is 4.56. The molecule has 0 amide bonds. The van der Waals surface area contributed by atoms with Crippen molar-refractivity contribution in [1.82, 2.24) is 20.1 Å². The number of nitrogens with zero attached hydrogens (tertiary/aromatic N) is 3. The molecule has 0 bridgehead atoms. The van der Waals surface area contributed by atoms with Gasteiger partial charge in [-0.1, -0.05) is 0 Å². The van der Waals surface area contributed by atoms with Gasteiger partial charge in [0.15, 0.2) is 0 Å². The lowest BCUT2D eigenvalue weighted by molar-refractivity contribution is 0.343. The first-order chi connectivity index (χ1) is 7.83. The first-order valence-corrected chi connectivity index (χ1v) is 7.23. The number of hydrogen-bond donors (Lipinski definition) is 1. The lowest BCUT2D eigenvalue weighted by atomic mass is 10.1. The van der Waals surface area contributed by atoms with Crippen LogP contribution in [0.15, 0.2) is 0 Å². The minimum Gasteiger partial charge on any atom is -0.304 e. The monoisotopic (exact) mass is 238 g/mol. The molecule has 2 unspecified atom stereocenters. The van der Waals surface area contributed by atoms with Gasteiger partial charge in [-0.3, -0.25) is 0 Å². The van der Waals surface area contributed by atoms with Gasteiger partial charge in [0.1, 0.15) is 11.6 Å². The van der Waals surface area contributed by atoms with Crippen LogP contribution >= 0.6 is 11.8 Å². The quantitative estimate of drug-likeness (QED) is 0.848. The molecule has 1 saturated heterocycles. The molecule has 0 saturated carbocycles. The summed E-state index contributed by atoms with van der Waals surface area (Å²) in [5.41, 5.74) is 0. The number of thioether (sulfide) groups is 1. The SMILES string of the molecule is Cc1nc2n(n1)CCCC2NC1CCSC1. The molecule has 4 nitrogen and oxygen atoms in total. The second-order valence-electron chi connectivity index (χ2n) is 4.66. The molecule has 5 heteroatoms. The third-order valence-electron chi connectivity index (χ3n) is 3.35. The summed E-state index contributed by atoms with van der Waals surface area (Å²) in [6, 6.07) is 1.11. The molecule has 2 aliphatic rings. The Morgan fingerprint density at radius 3 is 3.19 bits per heavy atom. The van der Waals surface area contributed by atoms with Crippen LogP contribution in [0.1, 0.15) is 37.0 Å². The van der Waals surface area contributed by atoms with Crippen LogP contribution in [0.25, 0.3) is 0 Å². The molecule has 1 N–H and O–H groups in total. The van der Waals surface area contributed by atoms with Gasteiger partial charge in [-0.25, -0.2) is 9.67 Å². The molecule has 0 aliphatic carbocycles. The van der Waals surface area contributed by atoms with Crippen LogP contribution in [0.3, 0.4) is 0 Å². The van der Waals surface area contributed by atoms with Gasteiger partial charge in [0.25, 0.3) is 0 Å². The number of nitrogens with one attached hydrogen (secondary N) is 1. The van der Waals surface area contributed by atoms with Gasteiger partial charge in [0.2, 0.25) is 0 Å². The molecule has 3 rings (SSSR count). The van der Waals surface area contributed by atoms with E-state index in [1.54, 1.807) is 0 Å². The van der Waals surface area contributed by atoms with Gasteiger partial charge in [-0.2, -0.15) is 16.9 Å². The summed E-state index contributed by atoms with van der Waals surface area (Å²) in [5, 5.41) is 8.18. The van der Waals surface area contributed by atoms with Crippen molar-refractivity contribution in [2.45, 2.75) is 44.8 Å². The van der Waals surface area contributed by atoms with Crippen LogP contribution < -0.4 is 5.32 Å². The van der Waals surface area contributed by atoms with Crippen molar-refractivity contribution in [2.24, 2.45) is 0 Å². The Kier molecular flexibility index (Phi) is 2.90. The van der Waals surface area contributed by atoms with Crippen LogP contribution in [0, 0.1) is 6.92 Å². The Morgan fingerprint density at radius 1 is 1.44 bits per heavy atom. The van der Waals surface area contributed by atoms with Gasteiger partial charge >= 0.3 is 0 Å². The summed E-state index contributed by atoms with van der Waals surface area (Å²) in [6.07, 6.45) is 3.72. The third kappa shape index (κ3) is 1.98. The number of fused-ring (bicyclic) bond motifs is 1. The Bertz CT molecular complexity index is 370. The van der Waals surface area contributed by atoms with E-state index in [9.17, 15) is 0 Å². The molecule has 0 spiro atoms. The van der Waals surface area contributed by atoms with Crippen molar-refractivity contribution in [2.75, 3.05) is 11.5 Å². The van der Waals surface area contributed by atoms with E-state index in [0.29, 0.717) is 12.1 Å². The fourth-order valence-corrected chi connectivity index (χ4v) is 3.74. The van der Waals surface area contributed by atoms with Crippen molar-refractivity contribution >= 4 is 11.8 Å². The zero-order valence-corrected chi connectivity index (χ0v) is 10.5. The normalized spacial score (nSPS) is 29.3. The average molecular weight is 238 g/mol. The van der Waals surface area contributed by atoms with Crippen molar-refractivity contribution in [1.29, 1.82) is 0 Å². The highest BCUT2D eigenvalue weighted by molar-refractivity contribution is 7.99. The Labute approximate surface area is 100 Å². The molecular weight excluding hydrogens is 220 g/mol. The highest BCUT2D eigenvalue weighted by Gasteiger charge is 2.26. The smallest absolute Gasteiger partial charge is 0.147 e. The lowest BCUT2D eigenvalue weighted by Crippen LogP contribution is -2.36. The number of aromatic nitrogens is 3. The lowest BCUT2D eigenvalue weighted by Gasteiger charge is -2.25. The molecule has 1 fully saturated rings. The number of rotatable bonds is 2. The molecule has 1 aromatic heterocycles. The Balaban J connectivity index is 1.75. The molecule has 2 aliphatic heterocycles. The highest BCUT2D eigenvalue weighted by atomic mass is 32.2. The van der Waals surface area contributed by atoms with E-state index in [0.717, 1.165) is 18.2 Å². The van der Waals surface area contributed by atoms with E-state index < -0.39 is 0 Å². The molecule has 2 atom stereocenters. The summed E-state index contributed by atoms with van der Waals surface area (Å²) in [5.74, 6) is 4.62. The summed E-state index contributed by atoms with van der Waals surface area (Å²) in [7, 11) is 0.